The molecule has 8 nitrogen and oxygen atoms in total. The number of anilines is 2. The van der Waals surface area contributed by atoms with Gasteiger partial charge in [-0.05, 0) is 73.7 Å². The number of hydrogen-bond donors (Lipinski definition) is 2. The number of hydrogen-bond acceptors (Lipinski definition) is 5. The highest BCUT2D eigenvalue weighted by atomic mass is 32.1. The van der Waals surface area contributed by atoms with E-state index in [2.05, 4.69) is 56.3 Å². The Morgan fingerprint density at radius 1 is 1.03 bits per heavy atom. The second-order valence-corrected chi connectivity index (χ2v) is 9.32. The van der Waals surface area contributed by atoms with Crippen LogP contribution in [-0.2, 0) is 9.53 Å². The summed E-state index contributed by atoms with van der Waals surface area (Å²) >= 11 is 5.92. The van der Waals surface area contributed by atoms with Crippen molar-refractivity contribution in [3.63, 3.8) is 0 Å². The molecule has 1 aliphatic rings. The number of aryl methyl sites for hydroxylation is 1. The van der Waals surface area contributed by atoms with Crippen LogP contribution in [0.2, 0.25) is 0 Å². The van der Waals surface area contributed by atoms with Crippen molar-refractivity contribution in [3.8, 4) is 11.4 Å². The van der Waals surface area contributed by atoms with Crippen LogP contribution >= 0.6 is 12.2 Å². The van der Waals surface area contributed by atoms with E-state index in [0.717, 1.165) is 28.5 Å². The van der Waals surface area contributed by atoms with Gasteiger partial charge in [0.15, 0.2) is 5.11 Å². The second-order valence-electron chi connectivity index (χ2n) is 8.93. The van der Waals surface area contributed by atoms with Crippen molar-refractivity contribution >= 4 is 34.6 Å². The van der Waals surface area contributed by atoms with E-state index >= 15 is 0 Å². The molecular weight excluding hydrogens is 498 g/mol. The van der Waals surface area contributed by atoms with Gasteiger partial charge in [-0.2, -0.15) is 0 Å². The third-order valence-electron chi connectivity index (χ3n) is 6.53. The van der Waals surface area contributed by atoms with Crippen LogP contribution in [0.1, 0.15) is 29.2 Å². The number of thiocarbonyl (C=S) groups is 1. The largest absolute Gasteiger partial charge is 0.495 e. The molecule has 194 valence electrons. The summed E-state index contributed by atoms with van der Waals surface area (Å²) in [4.78, 5) is 19.1. The Hall–Kier alpha value is -4.21. The molecule has 1 aliphatic heterocycles. The van der Waals surface area contributed by atoms with Gasteiger partial charge in [-0.15, -0.1) is 0 Å². The molecule has 0 radical (unpaired) electrons. The average Bonchev–Trinajstić information content (AvgIpc) is 3.48. The number of carbonyl (C=O) groups excluding carboxylic acids is 1. The van der Waals surface area contributed by atoms with Crippen molar-refractivity contribution in [1.82, 2.24) is 14.9 Å². The van der Waals surface area contributed by atoms with Crippen molar-refractivity contribution in [2.75, 3.05) is 31.0 Å². The molecule has 2 aromatic heterocycles. The van der Waals surface area contributed by atoms with Gasteiger partial charge in [0.1, 0.15) is 18.4 Å². The zero-order valence-electron chi connectivity index (χ0n) is 21.4. The molecule has 9 heteroatoms. The van der Waals surface area contributed by atoms with Crippen LogP contribution in [-0.4, -0.2) is 41.4 Å². The van der Waals surface area contributed by atoms with Gasteiger partial charge < -0.3 is 29.6 Å². The first-order valence-corrected chi connectivity index (χ1v) is 12.6. The van der Waals surface area contributed by atoms with Gasteiger partial charge in [0.2, 0.25) is 5.91 Å². The lowest BCUT2D eigenvalue weighted by Gasteiger charge is -2.30. The van der Waals surface area contributed by atoms with Gasteiger partial charge in [0.05, 0.1) is 24.5 Å². The van der Waals surface area contributed by atoms with Crippen LogP contribution in [0, 0.1) is 6.92 Å². The number of ether oxygens (including phenoxy) is 2. The van der Waals surface area contributed by atoms with Gasteiger partial charge in [0.25, 0.3) is 0 Å². The minimum atomic E-state index is -0.276. The van der Waals surface area contributed by atoms with E-state index in [0.29, 0.717) is 16.5 Å². The maximum Gasteiger partial charge on any atom is 0.250 e. The Morgan fingerprint density at radius 3 is 2.53 bits per heavy atom. The summed E-state index contributed by atoms with van der Waals surface area (Å²) in [5, 5.41) is 6.95. The predicted octanol–water partition coefficient (Wildman–Crippen LogP) is 4.95. The summed E-state index contributed by atoms with van der Waals surface area (Å²) < 4.78 is 12.7. The molecule has 1 saturated heterocycles. The van der Waals surface area contributed by atoms with E-state index < -0.39 is 0 Å². The van der Waals surface area contributed by atoms with Crippen LogP contribution in [0.15, 0.2) is 85.1 Å². The van der Waals surface area contributed by atoms with Crippen LogP contribution in [0.3, 0.4) is 0 Å². The molecule has 38 heavy (non-hydrogen) atoms. The highest BCUT2D eigenvalue weighted by Gasteiger charge is 2.42. The van der Waals surface area contributed by atoms with Gasteiger partial charge >= 0.3 is 0 Å². The first-order chi connectivity index (χ1) is 18.5. The van der Waals surface area contributed by atoms with E-state index in [1.165, 1.54) is 7.11 Å². The quantitative estimate of drug-likeness (QED) is 0.314. The standard InChI is InChI=1S/C29H29N5O3S/c1-19-12-14-24(33(19)20-9-5-4-6-10-20)28-27(22-11-7-8-16-30-22)32-29(38)34(28)21-13-15-25(37-3)23(17-21)31-26(35)18-36-2/h4-17,27-28H,18H2,1-3H3,(H,31,35)(H,32,38)/t27-,28-/m1/s1. The van der Waals surface area contributed by atoms with E-state index in [1.807, 2.05) is 54.6 Å². The molecule has 0 aliphatic carbocycles. The lowest BCUT2D eigenvalue weighted by Crippen LogP contribution is -2.30. The van der Waals surface area contributed by atoms with Crippen molar-refractivity contribution in [2.45, 2.75) is 19.0 Å². The number of methoxy groups -OCH3 is 2. The molecule has 0 saturated carbocycles. The molecule has 5 rings (SSSR count). The summed E-state index contributed by atoms with van der Waals surface area (Å²) in [5.41, 5.74) is 5.43. The Bertz CT molecular complexity index is 1440. The second kappa shape index (κ2) is 11.0. The molecular formula is C29H29N5O3S. The van der Waals surface area contributed by atoms with Gasteiger partial charge in [0, 0.05) is 36.1 Å². The maximum atomic E-state index is 12.3. The van der Waals surface area contributed by atoms with E-state index in [1.54, 1.807) is 13.3 Å². The Labute approximate surface area is 227 Å². The third-order valence-corrected chi connectivity index (χ3v) is 6.85. The van der Waals surface area contributed by atoms with Gasteiger partial charge in [-0.1, -0.05) is 24.3 Å². The summed E-state index contributed by atoms with van der Waals surface area (Å²) in [6, 6.07) is 25.6. The fourth-order valence-electron chi connectivity index (χ4n) is 4.91. The van der Waals surface area contributed by atoms with E-state index in [-0.39, 0.29) is 24.6 Å². The molecule has 0 bridgehead atoms. The average molecular weight is 528 g/mol. The number of rotatable bonds is 8. The number of para-hydroxylation sites is 1. The van der Waals surface area contributed by atoms with Crippen LogP contribution in [0.25, 0.3) is 5.69 Å². The number of benzene rings is 2. The number of carbonyl (C=O) groups is 1. The fourth-order valence-corrected chi connectivity index (χ4v) is 5.26. The van der Waals surface area contributed by atoms with Crippen molar-refractivity contribution in [1.29, 1.82) is 0 Å². The zero-order chi connectivity index (χ0) is 26.6. The van der Waals surface area contributed by atoms with Crippen molar-refractivity contribution in [3.05, 3.63) is 102 Å². The van der Waals surface area contributed by atoms with E-state index in [4.69, 9.17) is 21.7 Å². The zero-order valence-corrected chi connectivity index (χ0v) is 22.2. The Kier molecular flexibility index (Phi) is 7.39. The van der Waals surface area contributed by atoms with Crippen LogP contribution in [0.5, 0.6) is 5.75 Å². The molecule has 1 fully saturated rings. The minimum absolute atomic E-state index is 0.0642. The number of aromatic nitrogens is 2. The lowest BCUT2D eigenvalue weighted by atomic mass is 10.0. The summed E-state index contributed by atoms with van der Waals surface area (Å²) in [6.07, 6.45) is 1.79. The lowest BCUT2D eigenvalue weighted by molar-refractivity contribution is -0.119. The van der Waals surface area contributed by atoms with Crippen LogP contribution < -0.4 is 20.3 Å². The first kappa shape index (κ1) is 25.4. The van der Waals surface area contributed by atoms with Gasteiger partial charge in [-0.25, -0.2) is 0 Å². The molecule has 0 spiro atoms. The van der Waals surface area contributed by atoms with Crippen molar-refractivity contribution in [2.24, 2.45) is 0 Å². The monoisotopic (exact) mass is 527 g/mol. The molecule has 0 unspecified atom stereocenters. The number of pyridine rings is 1. The minimum Gasteiger partial charge on any atom is -0.495 e. The number of nitrogens with zero attached hydrogens (tertiary/aromatic N) is 3. The molecule has 4 aromatic rings. The molecule has 1 amide bonds. The summed E-state index contributed by atoms with van der Waals surface area (Å²) in [7, 11) is 3.05. The molecule has 2 atom stereocenters. The first-order valence-electron chi connectivity index (χ1n) is 12.2. The molecule has 2 N–H and O–H groups in total. The maximum absolute atomic E-state index is 12.3. The van der Waals surface area contributed by atoms with Gasteiger partial charge in [-0.3, -0.25) is 9.78 Å². The smallest absolute Gasteiger partial charge is 0.250 e. The number of nitrogens with one attached hydrogen (secondary N) is 2. The highest BCUT2D eigenvalue weighted by Crippen LogP contribution is 2.44. The summed E-state index contributed by atoms with van der Waals surface area (Å²) in [5.74, 6) is 0.263. The van der Waals surface area contributed by atoms with Crippen molar-refractivity contribution < 1.29 is 14.3 Å². The van der Waals surface area contributed by atoms with E-state index in [9.17, 15) is 4.79 Å². The third kappa shape index (κ3) is 4.85. The molecule has 3 heterocycles. The van der Waals surface area contributed by atoms with Crippen LogP contribution in [0.4, 0.5) is 11.4 Å². The predicted molar refractivity (Wildman–Crippen MR) is 152 cm³/mol. The Balaban J connectivity index is 1.65. The Morgan fingerprint density at radius 2 is 1.82 bits per heavy atom. The summed E-state index contributed by atoms with van der Waals surface area (Å²) in [6.45, 7) is 2.03. The normalized spacial score (nSPS) is 16.8. The number of amides is 1. The highest BCUT2D eigenvalue weighted by molar-refractivity contribution is 7.80. The molecule has 2 aromatic carbocycles. The topological polar surface area (TPSA) is 80.7 Å². The fraction of sp³-hybridized carbons (Fsp3) is 0.207. The SMILES string of the molecule is COCC(=O)Nc1cc(N2C(=S)N[C@H](c3ccccn3)[C@H]2c2ccc(C)n2-c2ccccc2)ccc1OC.